The second-order valence-electron chi connectivity index (χ2n) is 2.82. The first-order chi connectivity index (χ1) is 6.31. The van der Waals surface area contributed by atoms with Crippen molar-refractivity contribution in [1.29, 1.82) is 0 Å². The molecule has 1 rings (SSSR count). The standard InChI is InChI=1S/C8H8BrF3OS/c1-2-7(13,8(10,11)12)5-3-4-6(9)14-5/h3-4,13H,2H2,1H3. The highest BCUT2D eigenvalue weighted by atomic mass is 79.9. The third-order valence-corrected chi connectivity index (χ3v) is 3.74. The first kappa shape index (κ1) is 12.0. The molecule has 14 heavy (non-hydrogen) atoms. The van der Waals surface area contributed by atoms with Crippen molar-refractivity contribution in [2.24, 2.45) is 0 Å². The van der Waals surface area contributed by atoms with Crippen LogP contribution in [0, 0.1) is 0 Å². The molecule has 1 N–H and O–H groups in total. The van der Waals surface area contributed by atoms with Crippen LogP contribution in [0.5, 0.6) is 0 Å². The normalized spacial score (nSPS) is 16.7. The Morgan fingerprint density at radius 2 is 2.00 bits per heavy atom. The first-order valence-electron chi connectivity index (χ1n) is 3.86. The molecule has 0 bridgehead atoms. The molecular formula is C8H8BrF3OS. The maximum Gasteiger partial charge on any atom is 0.422 e. The van der Waals surface area contributed by atoms with E-state index >= 15 is 0 Å². The van der Waals surface area contributed by atoms with Gasteiger partial charge in [-0.2, -0.15) is 13.2 Å². The molecule has 1 aromatic rings. The monoisotopic (exact) mass is 288 g/mol. The minimum Gasteiger partial charge on any atom is -0.376 e. The Morgan fingerprint density at radius 3 is 2.29 bits per heavy atom. The molecule has 0 aliphatic rings. The van der Waals surface area contributed by atoms with E-state index in [9.17, 15) is 18.3 Å². The summed E-state index contributed by atoms with van der Waals surface area (Å²) in [5.74, 6) is 0. The van der Waals surface area contributed by atoms with Crippen molar-refractivity contribution < 1.29 is 18.3 Å². The summed E-state index contributed by atoms with van der Waals surface area (Å²) in [6.07, 6.45) is -5.02. The first-order valence-corrected chi connectivity index (χ1v) is 5.47. The molecular weight excluding hydrogens is 281 g/mol. The van der Waals surface area contributed by atoms with Gasteiger partial charge in [-0.1, -0.05) is 6.92 Å². The predicted molar refractivity (Wildman–Crippen MR) is 52.3 cm³/mol. The quantitative estimate of drug-likeness (QED) is 0.880. The van der Waals surface area contributed by atoms with Crippen molar-refractivity contribution in [1.82, 2.24) is 0 Å². The summed E-state index contributed by atoms with van der Waals surface area (Å²) in [5.41, 5.74) is -2.72. The van der Waals surface area contributed by atoms with Gasteiger partial charge in [-0.05, 0) is 34.5 Å². The summed E-state index contributed by atoms with van der Waals surface area (Å²) < 4.78 is 38.2. The number of rotatable bonds is 2. The maximum atomic E-state index is 12.5. The Bertz CT molecular complexity index is 323. The molecule has 1 heterocycles. The summed E-state index contributed by atoms with van der Waals surface area (Å²) in [5, 5.41) is 9.51. The topological polar surface area (TPSA) is 20.2 Å². The fourth-order valence-corrected chi connectivity index (χ4v) is 2.62. The van der Waals surface area contributed by atoms with Gasteiger partial charge in [0.1, 0.15) is 0 Å². The molecule has 0 radical (unpaired) electrons. The molecule has 0 spiro atoms. The maximum absolute atomic E-state index is 12.5. The van der Waals surface area contributed by atoms with Gasteiger partial charge in [0.05, 0.1) is 3.79 Å². The number of hydrogen-bond donors (Lipinski definition) is 1. The van der Waals surface area contributed by atoms with Crippen LogP contribution >= 0.6 is 27.3 Å². The fourth-order valence-electron chi connectivity index (χ4n) is 1.05. The third-order valence-electron chi connectivity index (χ3n) is 1.96. The number of alkyl halides is 3. The summed E-state index contributed by atoms with van der Waals surface area (Å²) in [6.45, 7) is 1.31. The summed E-state index contributed by atoms with van der Waals surface area (Å²) in [4.78, 5) is -0.0839. The highest BCUT2D eigenvalue weighted by molar-refractivity contribution is 9.11. The van der Waals surface area contributed by atoms with Crippen molar-refractivity contribution in [3.8, 4) is 0 Å². The van der Waals surface area contributed by atoms with Crippen LogP contribution in [0.25, 0.3) is 0 Å². The highest BCUT2D eigenvalue weighted by Gasteiger charge is 2.54. The molecule has 1 nitrogen and oxygen atoms in total. The third kappa shape index (κ3) is 1.97. The largest absolute Gasteiger partial charge is 0.422 e. The van der Waals surface area contributed by atoms with E-state index in [1.54, 1.807) is 0 Å². The minimum absolute atomic E-state index is 0.0839. The Kier molecular flexibility index (Phi) is 3.28. The summed E-state index contributed by atoms with van der Waals surface area (Å²) in [6, 6.07) is 2.78. The molecule has 6 heteroatoms. The molecule has 0 saturated carbocycles. The van der Waals surface area contributed by atoms with Gasteiger partial charge >= 0.3 is 6.18 Å². The zero-order chi connectivity index (χ0) is 11.0. The van der Waals surface area contributed by atoms with Gasteiger partial charge in [0.25, 0.3) is 0 Å². The minimum atomic E-state index is -4.63. The van der Waals surface area contributed by atoms with Crippen LogP contribution in [0.2, 0.25) is 0 Å². The van der Waals surface area contributed by atoms with E-state index in [-0.39, 0.29) is 11.3 Å². The van der Waals surface area contributed by atoms with Crippen molar-refractivity contribution in [2.45, 2.75) is 25.1 Å². The van der Waals surface area contributed by atoms with Crippen LogP contribution in [0.15, 0.2) is 15.9 Å². The van der Waals surface area contributed by atoms with E-state index in [0.29, 0.717) is 3.79 Å². The highest BCUT2D eigenvalue weighted by Crippen LogP contribution is 2.44. The molecule has 80 valence electrons. The van der Waals surface area contributed by atoms with Crippen LogP contribution in [0.1, 0.15) is 18.2 Å². The Balaban J connectivity index is 3.14. The second-order valence-corrected chi connectivity index (χ2v) is 5.28. The lowest BCUT2D eigenvalue weighted by molar-refractivity contribution is -0.266. The van der Waals surface area contributed by atoms with Crippen LogP contribution in [0.3, 0.4) is 0 Å². The van der Waals surface area contributed by atoms with E-state index in [1.807, 2.05) is 0 Å². The lowest BCUT2D eigenvalue weighted by Crippen LogP contribution is -2.40. The van der Waals surface area contributed by atoms with Crippen LogP contribution in [-0.2, 0) is 5.60 Å². The molecule has 0 saturated heterocycles. The second kappa shape index (κ2) is 3.83. The molecule has 1 unspecified atom stereocenters. The van der Waals surface area contributed by atoms with Crippen molar-refractivity contribution in [3.05, 3.63) is 20.8 Å². The average molecular weight is 289 g/mol. The number of hydrogen-bond acceptors (Lipinski definition) is 2. The van der Waals surface area contributed by atoms with E-state index in [2.05, 4.69) is 15.9 Å². The van der Waals surface area contributed by atoms with Gasteiger partial charge in [-0.15, -0.1) is 11.3 Å². The zero-order valence-corrected chi connectivity index (χ0v) is 9.63. The molecule has 0 amide bonds. The Labute approximate surface area is 91.7 Å². The molecule has 0 aliphatic heterocycles. The van der Waals surface area contributed by atoms with Gasteiger partial charge in [-0.25, -0.2) is 0 Å². The van der Waals surface area contributed by atoms with Gasteiger partial charge in [-0.3, -0.25) is 0 Å². The number of thiophene rings is 1. The molecule has 0 aliphatic carbocycles. The van der Waals surface area contributed by atoms with E-state index in [1.165, 1.54) is 19.1 Å². The van der Waals surface area contributed by atoms with Crippen molar-refractivity contribution in [3.63, 3.8) is 0 Å². The van der Waals surface area contributed by atoms with Gasteiger partial charge < -0.3 is 5.11 Å². The zero-order valence-electron chi connectivity index (χ0n) is 7.23. The SMILES string of the molecule is CCC(O)(c1ccc(Br)s1)C(F)(F)F. The Hall–Kier alpha value is -0.0700. The fraction of sp³-hybridized carbons (Fsp3) is 0.500. The number of halogens is 4. The molecule has 0 aromatic carbocycles. The summed E-state index contributed by atoms with van der Waals surface area (Å²) >= 11 is 3.95. The average Bonchev–Trinajstić information content (AvgIpc) is 2.48. The van der Waals surface area contributed by atoms with Gasteiger partial charge in [0.15, 0.2) is 5.60 Å². The Morgan fingerprint density at radius 1 is 1.43 bits per heavy atom. The van der Waals surface area contributed by atoms with Crippen LogP contribution in [-0.4, -0.2) is 11.3 Å². The lowest BCUT2D eigenvalue weighted by atomic mass is 9.98. The predicted octanol–water partition coefficient (Wildman–Crippen LogP) is 3.67. The van der Waals surface area contributed by atoms with E-state index < -0.39 is 11.8 Å². The van der Waals surface area contributed by atoms with Crippen LogP contribution < -0.4 is 0 Å². The van der Waals surface area contributed by atoms with Gasteiger partial charge in [0, 0.05) is 4.88 Å². The lowest BCUT2D eigenvalue weighted by Gasteiger charge is -2.28. The van der Waals surface area contributed by atoms with E-state index in [0.717, 1.165) is 11.3 Å². The summed E-state index contributed by atoms with van der Waals surface area (Å²) in [7, 11) is 0. The molecule has 0 fully saturated rings. The van der Waals surface area contributed by atoms with Crippen molar-refractivity contribution >= 4 is 27.3 Å². The molecule has 1 atom stereocenters. The number of aliphatic hydroxyl groups is 1. The van der Waals surface area contributed by atoms with Crippen LogP contribution in [0.4, 0.5) is 13.2 Å². The van der Waals surface area contributed by atoms with Gasteiger partial charge in [0.2, 0.25) is 0 Å². The van der Waals surface area contributed by atoms with E-state index in [4.69, 9.17) is 0 Å². The smallest absolute Gasteiger partial charge is 0.376 e. The van der Waals surface area contributed by atoms with Crippen molar-refractivity contribution in [2.75, 3.05) is 0 Å². The molecule has 1 aromatic heterocycles.